The molecule has 7 heteroatoms. The van der Waals surface area contributed by atoms with Gasteiger partial charge in [0.1, 0.15) is 5.76 Å². The molecule has 1 saturated heterocycles. The summed E-state index contributed by atoms with van der Waals surface area (Å²) in [5, 5.41) is 2.55. The van der Waals surface area contributed by atoms with Gasteiger partial charge in [-0.3, -0.25) is 4.79 Å². The summed E-state index contributed by atoms with van der Waals surface area (Å²) in [5.41, 5.74) is 0.817. The SMILES string of the molecule is Cc1cc(CS(=O)(=O)[C@@H](C(=O)N2CCCC2)c2ccccc2)no1. The van der Waals surface area contributed by atoms with Gasteiger partial charge in [0.2, 0.25) is 5.91 Å². The van der Waals surface area contributed by atoms with Crippen LogP contribution in [-0.4, -0.2) is 37.5 Å². The number of aryl methyl sites for hydroxylation is 1. The van der Waals surface area contributed by atoms with Gasteiger partial charge >= 0.3 is 0 Å². The third kappa shape index (κ3) is 3.51. The molecule has 0 radical (unpaired) electrons. The smallest absolute Gasteiger partial charge is 0.245 e. The molecule has 0 saturated carbocycles. The highest BCUT2D eigenvalue weighted by Crippen LogP contribution is 2.29. The standard InChI is InChI=1S/C17H20N2O4S/c1-13-11-15(18-23-13)12-24(21,22)16(14-7-3-2-4-8-14)17(20)19-9-5-6-10-19/h2-4,7-8,11,16H,5-6,9-10,12H2,1H3/t16-/m1/s1. The zero-order valence-corrected chi connectivity index (χ0v) is 14.3. The van der Waals surface area contributed by atoms with Crippen molar-refractivity contribution in [2.24, 2.45) is 0 Å². The van der Waals surface area contributed by atoms with Crippen LogP contribution in [0.2, 0.25) is 0 Å². The van der Waals surface area contributed by atoms with Gasteiger partial charge in [-0.05, 0) is 25.3 Å². The molecule has 3 rings (SSSR count). The fourth-order valence-electron chi connectivity index (χ4n) is 3.01. The van der Waals surface area contributed by atoms with Crippen LogP contribution in [0.5, 0.6) is 0 Å². The number of hydrogen-bond donors (Lipinski definition) is 0. The van der Waals surface area contributed by atoms with E-state index in [9.17, 15) is 13.2 Å². The molecule has 24 heavy (non-hydrogen) atoms. The van der Waals surface area contributed by atoms with Gasteiger partial charge in [-0.2, -0.15) is 0 Å². The molecule has 0 aliphatic carbocycles. The zero-order chi connectivity index (χ0) is 17.2. The van der Waals surface area contributed by atoms with Gasteiger partial charge in [0.25, 0.3) is 0 Å². The van der Waals surface area contributed by atoms with Crippen molar-refractivity contribution in [2.75, 3.05) is 13.1 Å². The molecule has 1 aliphatic rings. The summed E-state index contributed by atoms with van der Waals surface area (Å²) in [7, 11) is -3.77. The maximum absolute atomic E-state index is 13.0. The molecule has 1 amide bonds. The maximum Gasteiger partial charge on any atom is 0.245 e. The maximum atomic E-state index is 13.0. The van der Waals surface area contributed by atoms with Gasteiger partial charge in [-0.15, -0.1) is 0 Å². The third-order valence-electron chi connectivity index (χ3n) is 4.13. The van der Waals surface area contributed by atoms with Crippen LogP contribution in [-0.2, 0) is 20.4 Å². The number of hydrogen-bond acceptors (Lipinski definition) is 5. The molecule has 128 valence electrons. The third-order valence-corrected chi connectivity index (χ3v) is 6.02. The minimum Gasteiger partial charge on any atom is -0.361 e. The topological polar surface area (TPSA) is 80.5 Å². The predicted octanol–water partition coefficient (Wildman–Crippen LogP) is 2.26. The number of nitrogens with zero attached hydrogens (tertiary/aromatic N) is 2. The van der Waals surface area contributed by atoms with Crippen LogP contribution in [0.25, 0.3) is 0 Å². The molecule has 6 nitrogen and oxygen atoms in total. The van der Waals surface area contributed by atoms with Crippen molar-refractivity contribution in [2.45, 2.75) is 30.8 Å². The van der Waals surface area contributed by atoms with Crippen molar-refractivity contribution in [3.05, 3.63) is 53.4 Å². The molecule has 2 aromatic rings. The van der Waals surface area contributed by atoms with Crippen LogP contribution < -0.4 is 0 Å². The summed E-state index contributed by atoms with van der Waals surface area (Å²) in [6.45, 7) is 2.93. The summed E-state index contributed by atoms with van der Waals surface area (Å²) >= 11 is 0. The van der Waals surface area contributed by atoms with Gasteiger partial charge in [0, 0.05) is 19.2 Å². The largest absolute Gasteiger partial charge is 0.361 e. The lowest BCUT2D eigenvalue weighted by atomic mass is 10.1. The number of amides is 1. The molecule has 1 aliphatic heterocycles. The molecule has 0 spiro atoms. The Morgan fingerprint density at radius 3 is 2.50 bits per heavy atom. The van der Waals surface area contributed by atoms with Crippen LogP contribution >= 0.6 is 0 Å². The number of likely N-dealkylation sites (tertiary alicyclic amines) is 1. The number of benzene rings is 1. The van der Waals surface area contributed by atoms with E-state index in [-0.39, 0.29) is 11.7 Å². The van der Waals surface area contributed by atoms with Crippen molar-refractivity contribution in [3.63, 3.8) is 0 Å². The molecular weight excluding hydrogens is 328 g/mol. The number of carbonyl (C=O) groups is 1. The number of carbonyl (C=O) groups excluding carboxylic acids is 1. The van der Waals surface area contributed by atoms with Crippen molar-refractivity contribution in [1.29, 1.82) is 0 Å². The summed E-state index contributed by atoms with van der Waals surface area (Å²) < 4.78 is 30.9. The molecule has 1 fully saturated rings. The van der Waals surface area contributed by atoms with Crippen molar-refractivity contribution >= 4 is 15.7 Å². The molecule has 0 unspecified atom stereocenters. The van der Waals surface area contributed by atoms with Gasteiger partial charge in [0.15, 0.2) is 15.1 Å². The van der Waals surface area contributed by atoms with Crippen LogP contribution in [0.1, 0.15) is 35.1 Å². The molecule has 1 atom stereocenters. The van der Waals surface area contributed by atoms with E-state index in [0.29, 0.717) is 30.1 Å². The Hall–Kier alpha value is -2.15. The van der Waals surface area contributed by atoms with Gasteiger partial charge in [0.05, 0.1) is 11.4 Å². The first-order valence-corrected chi connectivity index (χ1v) is 9.66. The summed E-state index contributed by atoms with van der Waals surface area (Å²) in [6, 6.07) is 10.2. The van der Waals surface area contributed by atoms with Crippen molar-refractivity contribution in [3.8, 4) is 0 Å². The molecule has 1 aromatic heterocycles. The second-order valence-electron chi connectivity index (χ2n) is 6.06. The average molecular weight is 348 g/mol. The second-order valence-corrected chi connectivity index (χ2v) is 8.15. The fraction of sp³-hybridized carbons (Fsp3) is 0.412. The van der Waals surface area contributed by atoms with E-state index in [1.54, 1.807) is 48.2 Å². The van der Waals surface area contributed by atoms with Crippen LogP contribution in [0.15, 0.2) is 40.9 Å². The monoisotopic (exact) mass is 348 g/mol. The van der Waals surface area contributed by atoms with E-state index in [2.05, 4.69) is 5.16 Å². The lowest BCUT2D eigenvalue weighted by Crippen LogP contribution is -2.36. The second kappa shape index (κ2) is 6.76. The van der Waals surface area contributed by atoms with Crippen molar-refractivity contribution in [1.82, 2.24) is 10.1 Å². The first kappa shape index (κ1) is 16.7. The average Bonchev–Trinajstić information content (AvgIpc) is 3.19. The van der Waals surface area contributed by atoms with E-state index >= 15 is 0 Å². The van der Waals surface area contributed by atoms with Gasteiger partial charge in [-0.1, -0.05) is 35.5 Å². The lowest BCUT2D eigenvalue weighted by Gasteiger charge is -2.23. The normalized spacial score (nSPS) is 16.3. The Balaban J connectivity index is 1.95. The van der Waals surface area contributed by atoms with E-state index < -0.39 is 15.1 Å². The highest BCUT2D eigenvalue weighted by atomic mass is 32.2. The molecule has 0 N–H and O–H groups in total. The Bertz CT molecular complexity index is 808. The first-order chi connectivity index (χ1) is 11.5. The van der Waals surface area contributed by atoms with Crippen molar-refractivity contribution < 1.29 is 17.7 Å². The Morgan fingerprint density at radius 1 is 1.25 bits per heavy atom. The van der Waals surface area contributed by atoms with Crippen LogP contribution in [0.3, 0.4) is 0 Å². The Labute approximate surface area is 141 Å². The molecular formula is C17H20N2O4S. The van der Waals surface area contributed by atoms with E-state index in [4.69, 9.17) is 4.52 Å². The molecule has 0 bridgehead atoms. The predicted molar refractivity (Wildman–Crippen MR) is 88.9 cm³/mol. The highest BCUT2D eigenvalue weighted by molar-refractivity contribution is 7.91. The van der Waals surface area contributed by atoms with Crippen LogP contribution in [0, 0.1) is 6.92 Å². The van der Waals surface area contributed by atoms with Crippen LogP contribution in [0.4, 0.5) is 0 Å². The zero-order valence-electron chi connectivity index (χ0n) is 13.5. The minimum absolute atomic E-state index is 0.316. The quantitative estimate of drug-likeness (QED) is 0.828. The Kier molecular flexibility index (Phi) is 4.71. The summed E-state index contributed by atoms with van der Waals surface area (Å²) in [5.74, 6) is -0.120. The Morgan fingerprint density at radius 2 is 1.92 bits per heavy atom. The van der Waals surface area contributed by atoms with E-state index in [0.717, 1.165) is 12.8 Å². The highest BCUT2D eigenvalue weighted by Gasteiger charge is 2.38. The van der Waals surface area contributed by atoms with Gasteiger partial charge in [-0.25, -0.2) is 8.42 Å². The molecule has 2 heterocycles. The number of sulfone groups is 1. The number of aromatic nitrogens is 1. The van der Waals surface area contributed by atoms with Gasteiger partial charge < -0.3 is 9.42 Å². The lowest BCUT2D eigenvalue weighted by molar-refractivity contribution is -0.129. The fourth-order valence-corrected chi connectivity index (χ4v) is 4.75. The summed E-state index contributed by atoms with van der Waals surface area (Å²) in [4.78, 5) is 14.5. The van der Waals surface area contributed by atoms with E-state index in [1.807, 2.05) is 0 Å². The van der Waals surface area contributed by atoms with E-state index in [1.165, 1.54) is 0 Å². The minimum atomic E-state index is -3.77. The first-order valence-electron chi connectivity index (χ1n) is 7.95. The molecule has 1 aromatic carbocycles. The number of rotatable bonds is 5. The summed E-state index contributed by atoms with van der Waals surface area (Å²) in [6.07, 6.45) is 1.82.